The fourth-order valence-electron chi connectivity index (χ4n) is 2.08. The molecule has 118 valence electrons. The minimum Gasteiger partial charge on any atom is -0.346 e. The highest BCUT2D eigenvalue weighted by molar-refractivity contribution is 7.89. The highest BCUT2D eigenvalue weighted by Gasteiger charge is 2.15. The van der Waals surface area contributed by atoms with Crippen LogP contribution in [0, 0.1) is 0 Å². The molecule has 0 heterocycles. The quantitative estimate of drug-likeness (QED) is 0.885. The van der Waals surface area contributed by atoms with Gasteiger partial charge in [-0.1, -0.05) is 30.3 Å². The Balaban J connectivity index is 2.07. The molecule has 6 heteroatoms. The standard InChI is InChI=1S/C16H20N2O3S/c1-3-18(2)16(19)10-11-17-22(20,21)15-9-8-13-6-4-5-7-14(13)12-15/h4-9,12,17H,3,10-11H2,1-2H3. The van der Waals surface area contributed by atoms with Crippen LogP contribution in [0.25, 0.3) is 10.8 Å². The molecular weight excluding hydrogens is 300 g/mol. The van der Waals surface area contributed by atoms with Gasteiger partial charge in [-0.2, -0.15) is 0 Å². The zero-order valence-electron chi connectivity index (χ0n) is 12.7. The van der Waals surface area contributed by atoms with E-state index < -0.39 is 10.0 Å². The van der Waals surface area contributed by atoms with Crippen LogP contribution in [0.4, 0.5) is 0 Å². The van der Waals surface area contributed by atoms with Crippen molar-refractivity contribution in [2.75, 3.05) is 20.1 Å². The fourth-order valence-corrected chi connectivity index (χ4v) is 3.14. The van der Waals surface area contributed by atoms with Gasteiger partial charge in [0, 0.05) is 26.6 Å². The van der Waals surface area contributed by atoms with Gasteiger partial charge in [0.25, 0.3) is 0 Å². The van der Waals surface area contributed by atoms with Crippen molar-refractivity contribution in [2.45, 2.75) is 18.2 Å². The van der Waals surface area contributed by atoms with Gasteiger partial charge in [0.1, 0.15) is 0 Å². The van der Waals surface area contributed by atoms with Gasteiger partial charge in [0.05, 0.1) is 4.90 Å². The second kappa shape index (κ2) is 6.89. The summed E-state index contributed by atoms with van der Waals surface area (Å²) in [6.45, 7) is 2.58. The number of hydrogen-bond acceptors (Lipinski definition) is 3. The molecule has 0 fully saturated rings. The molecule has 2 aromatic carbocycles. The SMILES string of the molecule is CCN(C)C(=O)CCNS(=O)(=O)c1ccc2ccccc2c1. The van der Waals surface area contributed by atoms with Crippen LogP contribution in [-0.2, 0) is 14.8 Å². The Bertz CT molecular complexity index is 772. The molecule has 1 amide bonds. The largest absolute Gasteiger partial charge is 0.346 e. The van der Waals surface area contributed by atoms with Crippen molar-refractivity contribution < 1.29 is 13.2 Å². The summed E-state index contributed by atoms with van der Waals surface area (Å²) >= 11 is 0. The molecule has 0 aliphatic rings. The van der Waals surface area contributed by atoms with Crippen LogP contribution in [0.3, 0.4) is 0 Å². The first-order valence-corrected chi connectivity index (χ1v) is 8.65. The summed E-state index contributed by atoms with van der Waals surface area (Å²) in [5.41, 5.74) is 0. The summed E-state index contributed by atoms with van der Waals surface area (Å²) in [5, 5.41) is 1.85. The first kappa shape index (κ1) is 16.5. The Kier molecular flexibility index (Phi) is 5.15. The lowest BCUT2D eigenvalue weighted by Crippen LogP contribution is -2.32. The van der Waals surface area contributed by atoms with Crippen LogP contribution in [0.1, 0.15) is 13.3 Å². The number of sulfonamides is 1. The number of amides is 1. The molecule has 2 rings (SSSR count). The lowest BCUT2D eigenvalue weighted by atomic mass is 10.1. The molecule has 0 unspecified atom stereocenters. The second-order valence-electron chi connectivity index (χ2n) is 5.06. The fraction of sp³-hybridized carbons (Fsp3) is 0.312. The van der Waals surface area contributed by atoms with Gasteiger partial charge in [0.15, 0.2) is 0 Å². The van der Waals surface area contributed by atoms with Crippen LogP contribution in [0.2, 0.25) is 0 Å². The maximum atomic E-state index is 12.3. The molecule has 0 aromatic heterocycles. The minimum atomic E-state index is -3.60. The average molecular weight is 320 g/mol. The minimum absolute atomic E-state index is 0.0799. The zero-order chi connectivity index (χ0) is 16.2. The third-order valence-electron chi connectivity index (χ3n) is 3.56. The summed E-state index contributed by atoms with van der Waals surface area (Å²) in [7, 11) is -1.91. The normalized spacial score (nSPS) is 11.5. The molecule has 0 aliphatic carbocycles. The lowest BCUT2D eigenvalue weighted by Gasteiger charge is -2.14. The van der Waals surface area contributed by atoms with Gasteiger partial charge in [-0.3, -0.25) is 4.79 Å². The van der Waals surface area contributed by atoms with E-state index in [1.165, 1.54) is 0 Å². The van der Waals surface area contributed by atoms with Gasteiger partial charge in [-0.25, -0.2) is 13.1 Å². The molecular formula is C16H20N2O3S. The molecule has 22 heavy (non-hydrogen) atoms. The first-order chi connectivity index (χ1) is 10.4. The molecule has 0 spiro atoms. The first-order valence-electron chi connectivity index (χ1n) is 7.16. The van der Waals surface area contributed by atoms with Crippen molar-refractivity contribution in [2.24, 2.45) is 0 Å². The van der Waals surface area contributed by atoms with E-state index >= 15 is 0 Å². The number of carbonyl (C=O) groups excluding carboxylic acids is 1. The van der Waals surface area contributed by atoms with E-state index in [1.807, 2.05) is 31.2 Å². The topological polar surface area (TPSA) is 66.5 Å². The molecule has 0 atom stereocenters. The maximum absolute atomic E-state index is 12.3. The van der Waals surface area contributed by atoms with Gasteiger partial charge in [-0.15, -0.1) is 0 Å². The Morgan fingerprint density at radius 2 is 1.82 bits per heavy atom. The van der Waals surface area contributed by atoms with E-state index in [1.54, 1.807) is 30.1 Å². The third kappa shape index (κ3) is 3.84. The zero-order valence-corrected chi connectivity index (χ0v) is 13.6. The smallest absolute Gasteiger partial charge is 0.240 e. The Morgan fingerprint density at radius 1 is 1.14 bits per heavy atom. The van der Waals surface area contributed by atoms with E-state index in [4.69, 9.17) is 0 Å². The summed E-state index contributed by atoms with van der Waals surface area (Å²) in [6, 6.07) is 12.6. The number of carbonyl (C=O) groups is 1. The molecule has 0 saturated heterocycles. The summed E-state index contributed by atoms with van der Waals surface area (Å²) in [5.74, 6) is -0.0799. The number of hydrogen-bond donors (Lipinski definition) is 1. The van der Waals surface area contributed by atoms with E-state index in [-0.39, 0.29) is 23.8 Å². The molecule has 0 saturated carbocycles. The van der Waals surface area contributed by atoms with Crippen LogP contribution < -0.4 is 4.72 Å². The number of nitrogens with one attached hydrogen (secondary N) is 1. The van der Waals surface area contributed by atoms with E-state index in [2.05, 4.69) is 4.72 Å². The monoisotopic (exact) mass is 320 g/mol. The highest BCUT2D eigenvalue weighted by atomic mass is 32.2. The highest BCUT2D eigenvalue weighted by Crippen LogP contribution is 2.18. The van der Waals surface area contributed by atoms with Crippen molar-refractivity contribution in [1.82, 2.24) is 9.62 Å². The Labute approximate surface area is 131 Å². The predicted octanol–water partition coefficient (Wildman–Crippen LogP) is 1.99. The van der Waals surface area contributed by atoms with E-state index in [0.29, 0.717) is 6.54 Å². The Morgan fingerprint density at radius 3 is 2.50 bits per heavy atom. The van der Waals surface area contributed by atoms with E-state index in [0.717, 1.165) is 10.8 Å². The Hall–Kier alpha value is -1.92. The molecule has 0 bridgehead atoms. The van der Waals surface area contributed by atoms with Crippen molar-refractivity contribution in [1.29, 1.82) is 0 Å². The molecule has 2 aromatic rings. The van der Waals surface area contributed by atoms with Crippen molar-refractivity contribution in [3.05, 3.63) is 42.5 Å². The van der Waals surface area contributed by atoms with Crippen molar-refractivity contribution >= 4 is 26.7 Å². The number of rotatable bonds is 6. The van der Waals surface area contributed by atoms with Crippen molar-refractivity contribution in [3.63, 3.8) is 0 Å². The molecule has 0 aliphatic heterocycles. The van der Waals surface area contributed by atoms with E-state index in [9.17, 15) is 13.2 Å². The summed E-state index contributed by atoms with van der Waals surface area (Å²) in [4.78, 5) is 13.4. The number of fused-ring (bicyclic) bond motifs is 1. The average Bonchev–Trinajstić information content (AvgIpc) is 2.53. The molecule has 1 N–H and O–H groups in total. The maximum Gasteiger partial charge on any atom is 0.240 e. The third-order valence-corrected chi connectivity index (χ3v) is 5.02. The lowest BCUT2D eigenvalue weighted by molar-refractivity contribution is -0.129. The van der Waals surface area contributed by atoms with Gasteiger partial charge < -0.3 is 4.90 Å². The van der Waals surface area contributed by atoms with Gasteiger partial charge in [-0.05, 0) is 29.8 Å². The van der Waals surface area contributed by atoms with Crippen LogP contribution in [-0.4, -0.2) is 39.4 Å². The van der Waals surface area contributed by atoms with Crippen LogP contribution in [0.5, 0.6) is 0 Å². The second-order valence-corrected chi connectivity index (χ2v) is 6.83. The van der Waals surface area contributed by atoms with Crippen molar-refractivity contribution in [3.8, 4) is 0 Å². The molecule has 5 nitrogen and oxygen atoms in total. The summed E-state index contributed by atoms with van der Waals surface area (Å²) in [6.07, 6.45) is 0.150. The predicted molar refractivity (Wildman–Crippen MR) is 87.1 cm³/mol. The molecule has 0 radical (unpaired) electrons. The van der Waals surface area contributed by atoms with Crippen LogP contribution >= 0.6 is 0 Å². The van der Waals surface area contributed by atoms with Gasteiger partial charge >= 0.3 is 0 Å². The van der Waals surface area contributed by atoms with Gasteiger partial charge in [0.2, 0.25) is 15.9 Å². The number of benzene rings is 2. The summed E-state index contributed by atoms with van der Waals surface area (Å²) < 4.78 is 27.0. The number of nitrogens with zero attached hydrogens (tertiary/aromatic N) is 1. The van der Waals surface area contributed by atoms with Crippen LogP contribution in [0.15, 0.2) is 47.4 Å².